The molecule has 37 nitrogen and oxygen atoms in total. The summed E-state index contributed by atoms with van der Waals surface area (Å²) in [7, 11) is 1.77. The number of aromatic nitrogens is 12. The highest BCUT2D eigenvalue weighted by atomic mass is 32.1. The summed E-state index contributed by atoms with van der Waals surface area (Å²) in [6.07, 6.45) is 15.5. The van der Waals surface area contributed by atoms with Crippen molar-refractivity contribution >= 4 is 101 Å². The summed E-state index contributed by atoms with van der Waals surface area (Å²) in [4.78, 5) is 83.5. The van der Waals surface area contributed by atoms with Crippen molar-refractivity contribution < 1.29 is 48.5 Å². The number of nitriles is 1. The smallest absolute Gasteiger partial charge is 0.156 e. The molecule has 13 N–H and O–H groups in total. The van der Waals surface area contributed by atoms with E-state index < -0.39 is 0 Å². The van der Waals surface area contributed by atoms with E-state index in [0.29, 0.717) is 108 Å². The number of aromatic amines is 1. The van der Waals surface area contributed by atoms with Crippen molar-refractivity contribution in [1.82, 2.24) is 60.0 Å². The SMILES string of the molecule is COC1CC(N2CCN(C3=NCc4nc(N5CCC6(CC5)CO[C@@H](C)[C@H]6N)c(CO)nc43)c3ccc(C#N)cc32)C1.C[C@@H]1OCC2(CCN(c3nc4c(nc3CO)C(N3CCCc5nc(-c6ccn[nH]6)ccc53)=NC4)CC2)[C@@H]1N.C[C@@H]1OCC2(CCN(c3nc4c(nc3CO)C(c3cccc5ncccc35)=NC4)CC2)[C@@H]1N.Cc1cccc(C2=NCc3nc(N4CCC5(CC4)CO[C@@H](C)[C@H]5N)c(CO)nc32)c1F.S.S. The second kappa shape index (κ2) is 41.4. The van der Waals surface area contributed by atoms with Crippen LogP contribution in [0.25, 0.3) is 22.3 Å². The van der Waals surface area contributed by atoms with Crippen LogP contribution in [0.5, 0.6) is 0 Å². The van der Waals surface area contributed by atoms with E-state index in [1.54, 1.807) is 38.6 Å². The van der Waals surface area contributed by atoms with Crippen LogP contribution in [0.15, 0.2) is 117 Å². The molecule has 0 bridgehead atoms. The van der Waals surface area contributed by atoms with Crippen molar-refractivity contribution in [2.45, 2.75) is 225 Å². The molecule has 8 atom stereocenters. The van der Waals surface area contributed by atoms with Gasteiger partial charge in [0.2, 0.25) is 0 Å². The number of nitrogens with one attached hydrogen (secondary N) is 1. The monoisotopic (exact) mass is 2010 g/mol. The van der Waals surface area contributed by atoms with Gasteiger partial charge in [0, 0.05) is 160 Å². The van der Waals surface area contributed by atoms with Gasteiger partial charge in [0.25, 0.3) is 0 Å². The molecule has 15 aliphatic rings. The first kappa shape index (κ1) is 101. The zero-order chi connectivity index (χ0) is 98.5. The highest BCUT2D eigenvalue weighted by molar-refractivity contribution is 7.59. The number of piperidine rings is 4. The molecule has 21 heterocycles. The van der Waals surface area contributed by atoms with Crippen LogP contribution in [0.2, 0.25) is 0 Å². The summed E-state index contributed by atoms with van der Waals surface area (Å²) in [5, 5.41) is 58.6. The molecule has 0 amide bonds. The number of ether oxygens (including phenoxy) is 5. The third kappa shape index (κ3) is 18.3. The average Bonchev–Trinajstić information content (AvgIpc) is 1.67. The van der Waals surface area contributed by atoms with Crippen LogP contribution in [-0.2, 0) is 82.7 Å². The maximum absolute atomic E-state index is 14.7. The van der Waals surface area contributed by atoms with Crippen molar-refractivity contribution in [3.05, 3.63) is 199 Å². The van der Waals surface area contributed by atoms with Crippen LogP contribution in [-0.4, -0.2) is 270 Å². The highest BCUT2D eigenvalue weighted by Gasteiger charge is 2.53. The van der Waals surface area contributed by atoms with E-state index in [-0.39, 0.29) is 129 Å². The van der Waals surface area contributed by atoms with Crippen LogP contribution < -0.4 is 57.2 Å². The second-order valence-electron chi connectivity index (χ2n) is 41.3. The molecule has 764 valence electrons. The lowest BCUT2D eigenvalue weighted by Crippen LogP contribution is -2.54. The first-order valence-corrected chi connectivity index (χ1v) is 50.7. The molecule has 7 aromatic heterocycles. The van der Waals surface area contributed by atoms with Gasteiger partial charge in [-0.1, -0.05) is 30.3 Å². The normalized spacial score (nSPS) is 25.0. The van der Waals surface area contributed by atoms with E-state index in [4.69, 9.17) is 106 Å². The average molecular weight is 2010 g/mol. The predicted octanol–water partition coefficient (Wildman–Crippen LogP) is 8.26. The number of nitrogens with two attached hydrogens (primary N) is 4. The molecular weight excluding hydrogens is 1880 g/mol. The number of hydrogen-bond donors (Lipinski definition) is 9. The zero-order valence-electron chi connectivity index (χ0n) is 83.1. The molecule has 10 aromatic rings. The van der Waals surface area contributed by atoms with Crippen LogP contribution in [0.3, 0.4) is 0 Å². The molecule has 1 saturated carbocycles. The number of rotatable bonds is 13. The van der Waals surface area contributed by atoms with Crippen LogP contribution in [0.1, 0.15) is 195 Å². The molecule has 1 aliphatic carbocycles. The number of methoxy groups -OCH3 is 1. The summed E-state index contributed by atoms with van der Waals surface area (Å²) >= 11 is 0. The minimum absolute atomic E-state index is 0. The van der Waals surface area contributed by atoms with Crippen molar-refractivity contribution in [1.29, 1.82) is 5.26 Å². The summed E-state index contributed by atoms with van der Waals surface area (Å²) in [5.41, 5.74) is 45.2. The molecule has 8 saturated heterocycles. The maximum Gasteiger partial charge on any atom is 0.156 e. The first-order valence-electron chi connectivity index (χ1n) is 50.7. The summed E-state index contributed by atoms with van der Waals surface area (Å²) < 4.78 is 43.7. The fourth-order valence-corrected chi connectivity index (χ4v) is 24.3. The number of aryl methyl sites for hydroxylation is 2. The van der Waals surface area contributed by atoms with E-state index in [9.17, 15) is 30.1 Å². The fraction of sp³-hybridized carbons (Fsp3) is 0.524. The third-order valence-electron chi connectivity index (χ3n) is 33.5. The predicted molar refractivity (Wildman–Crippen MR) is 561 cm³/mol. The third-order valence-corrected chi connectivity index (χ3v) is 33.5. The van der Waals surface area contributed by atoms with E-state index in [1.807, 2.05) is 67.6 Å². The van der Waals surface area contributed by atoms with Gasteiger partial charge < -0.3 is 101 Å². The Morgan fingerprint density at radius 3 is 1.34 bits per heavy atom. The largest absolute Gasteiger partial charge is 0.390 e. The van der Waals surface area contributed by atoms with E-state index in [2.05, 4.69) is 93.4 Å². The van der Waals surface area contributed by atoms with Gasteiger partial charge in [-0.15, -0.1) is 0 Å². The number of anilines is 7. The summed E-state index contributed by atoms with van der Waals surface area (Å²) in [6.45, 7) is 22.7. The molecule has 0 radical (unpaired) electrons. The molecule has 14 aliphatic heterocycles. The van der Waals surface area contributed by atoms with Gasteiger partial charge in [-0.05, 0) is 172 Å². The Hall–Kier alpha value is -11.4. The van der Waals surface area contributed by atoms with Gasteiger partial charge in [-0.2, -0.15) is 37.4 Å². The zero-order valence-corrected chi connectivity index (χ0v) is 85.1. The Kier molecular flexibility index (Phi) is 28.8. The standard InChI is InChI=1S/C30H38N8O3.C27H33N9O2.C25H28N6O2.C23H28FN5O2.2H2S/c1-18-27(32)30(17-41-18)5-7-36(8-6-30)28-23(16-39)34-26-22(35-28)15-33-29(26)38-10-9-37(20-12-21(13-20)40-2)25-11-19(14-31)3-4-24(25)38;1-16-24(28)27(15-38-16)7-11-35(12-8-27)25-21(14-37)32-23-20(33-25)13-29-26(23)36-10-2-3-19-22(36)5-4-17(31-19)18-6-9-30-34-18;1-15-23(26)25(14-33-15)7-10-31(11-8-25)24-20(13-32)29-22-19(30-24)12-28-21(22)17-4-2-6-18-16(17)5-3-9-27-18;1-13-4-3-5-15(18(13)24)19-20-16(10-26-19)28-22(17(11-30)27-20)29-8-6-23(7-9-29)12-31-14(2)21(23)25;;/h3-4,11,18,20-21,27,39H,5-10,12-13,15-17,32H2,1-2H3;4-6,9,16,24,37H,2-3,7-8,10-15,28H2,1H3,(H,30,34);2-6,9,15,23,32H,7-8,10-14,26H2,1H3;3-5,14,21,30H,6-12,25H2,1-2H3;2*1H2/t18-,20?,21?,27+;16-,24+;15-,23+;14-,21+;;/m0000../s1. The van der Waals surface area contributed by atoms with Gasteiger partial charge in [0.1, 0.15) is 51.4 Å². The minimum Gasteiger partial charge on any atom is -0.390 e. The molecular formula is C105H131FN28O9S2. The topological polar surface area (TPSA) is 485 Å². The summed E-state index contributed by atoms with van der Waals surface area (Å²) in [6, 6.07) is 30.1. The van der Waals surface area contributed by atoms with E-state index in [1.165, 1.54) is 0 Å². The Labute approximate surface area is 856 Å². The maximum atomic E-state index is 14.7. The van der Waals surface area contributed by atoms with Gasteiger partial charge >= 0.3 is 0 Å². The lowest BCUT2D eigenvalue weighted by molar-refractivity contribution is 0.0254. The molecule has 145 heavy (non-hydrogen) atoms. The van der Waals surface area contributed by atoms with Crippen molar-refractivity contribution in [3.8, 4) is 17.5 Å². The van der Waals surface area contributed by atoms with Gasteiger partial charge in [-0.3, -0.25) is 30.1 Å². The van der Waals surface area contributed by atoms with E-state index in [0.717, 1.165) is 288 Å². The number of nitrogens with zero attached hydrogens (tertiary/aromatic N) is 23. The lowest BCUT2D eigenvalue weighted by Gasteiger charge is -2.48. The van der Waals surface area contributed by atoms with Gasteiger partial charge in [-0.25, -0.2) is 49.2 Å². The number of hydrogen-bond acceptors (Lipinski definition) is 36. The second-order valence-corrected chi connectivity index (χ2v) is 41.3. The van der Waals surface area contributed by atoms with Crippen molar-refractivity contribution in [2.24, 2.45) is 64.6 Å². The highest BCUT2D eigenvalue weighted by Crippen LogP contribution is 2.50. The molecule has 40 heteroatoms. The number of aliphatic imine (C=N–C) groups is 4. The number of pyridine rings is 2. The van der Waals surface area contributed by atoms with Gasteiger partial charge in [0.05, 0.1) is 195 Å². The first-order chi connectivity index (χ1) is 69.5. The summed E-state index contributed by atoms with van der Waals surface area (Å²) in [5.74, 6) is 4.27. The fourth-order valence-electron chi connectivity index (χ4n) is 24.3. The van der Waals surface area contributed by atoms with Gasteiger partial charge in [0.15, 0.2) is 34.9 Å². The Balaban J connectivity index is 0.000000118. The Morgan fingerprint density at radius 2 is 0.903 bits per heavy atom. The minimum atomic E-state index is -0.295. The van der Waals surface area contributed by atoms with Crippen molar-refractivity contribution in [3.63, 3.8) is 0 Å². The molecule has 25 rings (SSSR count). The van der Waals surface area contributed by atoms with Crippen LogP contribution in [0.4, 0.5) is 44.7 Å². The molecule has 4 spiro atoms. The number of benzene rings is 3. The number of fused-ring (bicyclic) bond motifs is 7. The molecule has 3 aromatic carbocycles. The number of aliphatic hydroxyl groups is 4. The lowest BCUT2D eigenvalue weighted by atomic mass is 9.73. The number of halogens is 1. The van der Waals surface area contributed by atoms with Crippen molar-refractivity contribution in [2.75, 3.05) is 140 Å². The van der Waals surface area contributed by atoms with Crippen LogP contribution >= 0.6 is 27.0 Å². The molecule has 0 unspecified atom stereocenters. The van der Waals surface area contributed by atoms with Crippen LogP contribution in [0, 0.1) is 45.7 Å². The molecule has 9 fully saturated rings. The number of aliphatic hydroxyl groups excluding tert-OH is 4. The Bertz CT molecular complexity index is 6670. The number of H-pyrrole nitrogens is 1. The quantitative estimate of drug-likeness (QED) is 0.0524. The van der Waals surface area contributed by atoms with E-state index >= 15 is 0 Å². The Morgan fingerprint density at radius 1 is 0.469 bits per heavy atom. The number of amidine groups is 2.